The molecule has 0 unspecified atom stereocenters. The molecule has 1 aliphatic rings. The van der Waals surface area contributed by atoms with E-state index in [1.54, 1.807) is 0 Å². The molecule has 2 heteroatoms. The van der Waals surface area contributed by atoms with Gasteiger partial charge < -0.3 is 10.6 Å². The quantitative estimate of drug-likeness (QED) is 0.894. The lowest BCUT2D eigenvalue weighted by Crippen LogP contribution is -2.45. The van der Waals surface area contributed by atoms with Gasteiger partial charge in [-0.05, 0) is 43.0 Å². The molecule has 110 valence electrons. The van der Waals surface area contributed by atoms with Crippen molar-refractivity contribution in [3.8, 4) is 0 Å². The first-order valence-corrected chi connectivity index (χ1v) is 7.91. The van der Waals surface area contributed by atoms with Crippen LogP contribution >= 0.6 is 0 Å². The Labute approximate surface area is 127 Å². The Morgan fingerprint density at radius 3 is 2.62 bits per heavy atom. The summed E-state index contributed by atoms with van der Waals surface area (Å²) in [4.78, 5) is 0. The van der Waals surface area contributed by atoms with E-state index in [-0.39, 0.29) is 0 Å². The molecule has 2 atom stereocenters. The molecule has 1 aliphatic heterocycles. The molecular formula is C19H24N2. The van der Waals surface area contributed by atoms with E-state index in [2.05, 4.69) is 72.2 Å². The molecule has 0 saturated carbocycles. The van der Waals surface area contributed by atoms with Crippen molar-refractivity contribution in [2.75, 3.05) is 6.54 Å². The largest absolute Gasteiger partial charge is 0.309 e. The summed E-state index contributed by atoms with van der Waals surface area (Å²) in [6.45, 7) is 4.25. The summed E-state index contributed by atoms with van der Waals surface area (Å²) in [7, 11) is 0. The lowest BCUT2D eigenvalue weighted by Gasteiger charge is -2.34. The van der Waals surface area contributed by atoms with Gasteiger partial charge in [-0.15, -0.1) is 0 Å². The molecule has 0 aliphatic carbocycles. The number of aryl methyl sites for hydroxylation is 1. The van der Waals surface area contributed by atoms with E-state index in [1.165, 1.54) is 29.5 Å². The molecule has 1 fully saturated rings. The topological polar surface area (TPSA) is 24.1 Å². The molecule has 0 aromatic heterocycles. The lowest BCUT2D eigenvalue weighted by atomic mass is 9.92. The van der Waals surface area contributed by atoms with Crippen LogP contribution in [-0.4, -0.2) is 12.6 Å². The molecule has 2 aromatic carbocycles. The van der Waals surface area contributed by atoms with Crippen molar-refractivity contribution >= 4 is 0 Å². The van der Waals surface area contributed by atoms with Crippen LogP contribution in [-0.2, 0) is 6.54 Å². The van der Waals surface area contributed by atoms with E-state index in [4.69, 9.17) is 0 Å². The van der Waals surface area contributed by atoms with Crippen LogP contribution in [0.3, 0.4) is 0 Å². The Morgan fingerprint density at radius 2 is 1.81 bits per heavy atom. The standard InChI is InChI=1S/C19H24N2/c1-15-8-5-6-11-17(15)14-21-18-12-7-13-20-19(18)16-9-3-2-4-10-16/h2-6,8-11,18-21H,7,12-14H2,1H3/t18-,19-/m1/s1. The average molecular weight is 280 g/mol. The van der Waals surface area contributed by atoms with Crippen LogP contribution in [0.1, 0.15) is 35.6 Å². The van der Waals surface area contributed by atoms with Gasteiger partial charge >= 0.3 is 0 Å². The SMILES string of the molecule is Cc1ccccc1CN[C@@H]1CCCN[C@@H]1c1ccccc1. The third kappa shape index (κ3) is 3.52. The highest BCUT2D eigenvalue weighted by Crippen LogP contribution is 2.24. The fourth-order valence-electron chi connectivity index (χ4n) is 3.17. The fourth-order valence-corrected chi connectivity index (χ4v) is 3.17. The third-order valence-electron chi connectivity index (χ3n) is 4.43. The van der Waals surface area contributed by atoms with Crippen LogP contribution in [0.5, 0.6) is 0 Å². The van der Waals surface area contributed by atoms with Crippen LogP contribution in [0, 0.1) is 6.92 Å². The van der Waals surface area contributed by atoms with E-state index in [9.17, 15) is 0 Å². The van der Waals surface area contributed by atoms with Crippen molar-refractivity contribution in [1.82, 2.24) is 10.6 Å². The Kier molecular flexibility index (Phi) is 4.69. The minimum Gasteiger partial charge on any atom is -0.309 e. The molecule has 21 heavy (non-hydrogen) atoms. The van der Waals surface area contributed by atoms with Crippen LogP contribution in [0.4, 0.5) is 0 Å². The van der Waals surface area contributed by atoms with Gasteiger partial charge in [0, 0.05) is 18.6 Å². The second-order valence-corrected chi connectivity index (χ2v) is 5.90. The molecule has 0 radical (unpaired) electrons. The van der Waals surface area contributed by atoms with Crippen molar-refractivity contribution < 1.29 is 0 Å². The van der Waals surface area contributed by atoms with Crippen molar-refractivity contribution in [2.45, 2.75) is 38.4 Å². The Balaban J connectivity index is 1.69. The number of hydrogen-bond donors (Lipinski definition) is 2. The van der Waals surface area contributed by atoms with Crippen LogP contribution in [0.2, 0.25) is 0 Å². The van der Waals surface area contributed by atoms with Gasteiger partial charge in [-0.25, -0.2) is 0 Å². The van der Waals surface area contributed by atoms with Crippen LogP contribution in [0.25, 0.3) is 0 Å². The van der Waals surface area contributed by atoms with Gasteiger partial charge in [0.15, 0.2) is 0 Å². The average Bonchev–Trinajstić information content (AvgIpc) is 2.55. The molecule has 0 amide bonds. The number of benzene rings is 2. The molecule has 1 saturated heterocycles. The zero-order chi connectivity index (χ0) is 14.5. The second-order valence-electron chi connectivity index (χ2n) is 5.90. The molecule has 0 spiro atoms. The normalized spacial score (nSPS) is 22.1. The summed E-state index contributed by atoms with van der Waals surface area (Å²) >= 11 is 0. The van der Waals surface area contributed by atoms with Crippen LogP contribution in [0.15, 0.2) is 54.6 Å². The summed E-state index contributed by atoms with van der Waals surface area (Å²) < 4.78 is 0. The Bertz CT molecular complexity index is 565. The van der Waals surface area contributed by atoms with Gasteiger partial charge in [-0.3, -0.25) is 0 Å². The number of hydrogen-bond acceptors (Lipinski definition) is 2. The van der Waals surface area contributed by atoms with E-state index < -0.39 is 0 Å². The summed E-state index contributed by atoms with van der Waals surface area (Å²) in [6.07, 6.45) is 2.48. The maximum atomic E-state index is 3.76. The molecule has 1 heterocycles. The van der Waals surface area contributed by atoms with Gasteiger partial charge in [0.1, 0.15) is 0 Å². The lowest BCUT2D eigenvalue weighted by molar-refractivity contribution is 0.304. The van der Waals surface area contributed by atoms with Gasteiger partial charge in [0.25, 0.3) is 0 Å². The predicted octanol–water partition coefficient (Wildman–Crippen LogP) is 3.58. The van der Waals surface area contributed by atoms with Gasteiger partial charge in [-0.1, -0.05) is 54.6 Å². The van der Waals surface area contributed by atoms with E-state index in [0.717, 1.165) is 13.1 Å². The molecule has 2 aromatic rings. The molecule has 2 nitrogen and oxygen atoms in total. The zero-order valence-electron chi connectivity index (χ0n) is 12.7. The van der Waals surface area contributed by atoms with Crippen molar-refractivity contribution in [3.05, 3.63) is 71.3 Å². The van der Waals surface area contributed by atoms with E-state index in [0.29, 0.717) is 12.1 Å². The van der Waals surface area contributed by atoms with Gasteiger partial charge in [-0.2, -0.15) is 0 Å². The Hall–Kier alpha value is -1.64. The number of nitrogens with one attached hydrogen (secondary N) is 2. The maximum Gasteiger partial charge on any atom is 0.0476 e. The second kappa shape index (κ2) is 6.88. The summed E-state index contributed by atoms with van der Waals surface area (Å²) in [6, 6.07) is 20.4. The highest BCUT2D eigenvalue weighted by atomic mass is 15.0. The molecule has 0 bridgehead atoms. The maximum absolute atomic E-state index is 3.76. The molecule has 2 N–H and O–H groups in total. The first kappa shape index (κ1) is 14.3. The molecular weight excluding hydrogens is 256 g/mol. The minimum atomic E-state index is 0.420. The summed E-state index contributed by atoms with van der Waals surface area (Å²) in [5.74, 6) is 0. The zero-order valence-corrected chi connectivity index (χ0v) is 12.7. The highest BCUT2D eigenvalue weighted by molar-refractivity contribution is 5.26. The van der Waals surface area contributed by atoms with Crippen molar-refractivity contribution in [3.63, 3.8) is 0 Å². The van der Waals surface area contributed by atoms with Crippen LogP contribution < -0.4 is 10.6 Å². The van der Waals surface area contributed by atoms with Gasteiger partial charge in [0.05, 0.1) is 0 Å². The minimum absolute atomic E-state index is 0.420. The highest BCUT2D eigenvalue weighted by Gasteiger charge is 2.25. The van der Waals surface area contributed by atoms with Crippen molar-refractivity contribution in [1.29, 1.82) is 0 Å². The fraction of sp³-hybridized carbons (Fsp3) is 0.368. The first-order chi connectivity index (χ1) is 10.3. The van der Waals surface area contributed by atoms with E-state index in [1.807, 2.05) is 0 Å². The van der Waals surface area contributed by atoms with Gasteiger partial charge in [0.2, 0.25) is 0 Å². The van der Waals surface area contributed by atoms with Crippen molar-refractivity contribution in [2.24, 2.45) is 0 Å². The first-order valence-electron chi connectivity index (χ1n) is 7.91. The Morgan fingerprint density at radius 1 is 1.05 bits per heavy atom. The predicted molar refractivity (Wildman–Crippen MR) is 88.2 cm³/mol. The summed E-state index contributed by atoms with van der Waals surface area (Å²) in [5.41, 5.74) is 4.15. The number of piperidine rings is 1. The number of rotatable bonds is 4. The summed E-state index contributed by atoms with van der Waals surface area (Å²) in [5, 5.41) is 7.44. The monoisotopic (exact) mass is 280 g/mol. The third-order valence-corrected chi connectivity index (χ3v) is 4.43. The smallest absolute Gasteiger partial charge is 0.0476 e. The molecule has 3 rings (SSSR count). The van der Waals surface area contributed by atoms with E-state index >= 15 is 0 Å².